The van der Waals surface area contributed by atoms with Crippen LogP contribution in [0.1, 0.15) is 32.4 Å². The number of aromatic nitrogens is 1. The maximum Gasteiger partial charge on any atom is 0.216 e. The molecule has 84 valence electrons. The van der Waals surface area contributed by atoms with Crippen molar-refractivity contribution >= 4 is 5.96 Å². The van der Waals surface area contributed by atoms with E-state index in [-0.39, 0.29) is 6.04 Å². The third-order valence-electron chi connectivity index (χ3n) is 1.77. The van der Waals surface area contributed by atoms with Gasteiger partial charge in [0.25, 0.3) is 0 Å². The van der Waals surface area contributed by atoms with Crippen LogP contribution in [0.3, 0.4) is 0 Å². The summed E-state index contributed by atoms with van der Waals surface area (Å²) in [6.45, 7) is 6.40. The van der Waals surface area contributed by atoms with Crippen LogP contribution in [0.4, 0.5) is 0 Å². The molecule has 1 aromatic heterocycles. The summed E-state index contributed by atoms with van der Waals surface area (Å²) in [6, 6.07) is 0.282. The van der Waals surface area contributed by atoms with E-state index in [0.717, 1.165) is 12.2 Å². The summed E-state index contributed by atoms with van der Waals surface area (Å²) >= 11 is 0. The van der Waals surface area contributed by atoms with Gasteiger partial charge in [-0.2, -0.15) is 0 Å². The molecule has 1 rings (SSSR count). The maximum absolute atomic E-state index is 5.63. The second kappa shape index (κ2) is 5.38. The van der Waals surface area contributed by atoms with Crippen LogP contribution >= 0.6 is 0 Å². The first-order chi connectivity index (χ1) is 7.11. The van der Waals surface area contributed by atoms with Crippen molar-refractivity contribution in [2.75, 3.05) is 0 Å². The van der Waals surface area contributed by atoms with Gasteiger partial charge in [0.2, 0.25) is 5.89 Å². The molecule has 15 heavy (non-hydrogen) atoms. The van der Waals surface area contributed by atoms with Gasteiger partial charge in [0.1, 0.15) is 12.3 Å². The number of oxazole rings is 1. The summed E-state index contributed by atoms with van der Waals surface area (Å²) in [6.07, 6.45) is 2.56. The Labute approximate surface area is 89.8 Å². The highest BCUT2D eigenvalue weighted by Gasteiger charge is 2.01. The summed E-state index contributed by atoms with van der Waals surface area (Å²) in [7, 11) is 0. The molecule has 0 radical (unpaired) electrons. The number of guanidine groups is 1. The normalized spacial score (nSPS) is 12.1. The van der Waals surface area contributed by atoms with Crippen LogP contribution in [0, 0.1) is 0 Å². The number of nitrogens with two attached hydrogens (primary N) is 1. The van der Waals surface area contributed by atoms with E-state index in [0.29, 0.717) is 18.4 Å². The van der Waals surface area contributed by atoms with Crippen LogP contribution in [0.2, 0.25) is 0 Å². The number of hydrogen-bond acceptors (Lipinski definition) is 3. The largest absolute Gasteiger partial charge is 0.444 e. The van der Waals surface area contributed by atoms with Crippen molar-refractivity contribution in [3.05, 3.63) is 17.8 Å². The van der Waals surface area contributed by atoms with Crippen LogP contribution in [0.5, 0.6) is 0 Å². The van der Waals surface area contributed by atoms with Crippen molar-refractivity contribution < 1.29 is 4.42 Å². The molecule has 5 heteroatoms. The Balaban J connectivity index is 2.48. The van der Waals surface area contributed by atoms with Crippen LogP contribution < -0.4 is 11.1 Å². The SMILES string of the molecule is CCc1cnc(CN=C(N)NC(C)C)o1. The second-order valence-corrected chi connectivity index (χ2v) is 3.57. The number of aliphatic imine (C=N–C) groups is 1. The van der Waals surface area contributed by atoms with Gasteiger partial charge in [-0.3, -0.25) is 0 Å². The zero-order chi connectivity index (χ0) is 11.3. The van der Waals surface area contributed by atoms with Gasteiger partial charge in [-0.25, -0.2) is 9.98 Å². The standard InChI is InChI=1S/C10H18N4O/c1-4-8-5-12-9(15-8)6-13-10(11)14-7(2)3/h5,7H,4,6H2,1-3H3,(H3,11,13,14). The minimum atomic E-state index is 0.282. The number of rotatable bonds is 4. The summed E-state index contributed by atoms with van der Waals surface area (Å²) in [5, 5.41) is 2.99. The van der Waals surface area contributed by atoms with E-state index in [2.05, 4.69) is 15.3 Å². The molecule has 1 aromatic rings. The van der Waals surface area contributed by atoms with Crippen LogP contribution in [-0.2, 0) is 13.0 Å². The lowest BCUT2D eigenvalue weighted by atomic mass is 10.4. The van der Waals surface area contributed by atoms with Gasteiger partial charge >= 0.3 is 0 Å². The first-order valence-corrected chi connectivity index (χ1v) is 5.11. The summed E-state index contributed by atoms with van der Waals surface area (Å²) < 4.78 is 5.39. The van der Waals surface area contributed by atoms with E-state index in [9.17, 15) is 0 Å². The highest BCUT2D eigenvalue weighted by molar-refractivity contribution is 5.77. The zero-order valence-electron chi connectivity index (χ0n) is 9.45. The topological polar surface area (TPSA) is 76.4 Å². The first-order valence-electron chi connectivity index (χ1n) is 5.11. The lowest BCUT2D eigenvalue weighted by Gasteiger charge is -2.07. The Kier molecular flexibility index (Phi) is 4.15. The highest BCUT2D eigenvalue weighted by atomic mass is 16.4. The Morgan fingerprint density at radius 1 is 1.67 bits per heavy atom. The predicted octanol–water partition coefficient (Wildman–Crippen LogP) is 1.05. The molecule has 0 atom stereocenters. The Hall–Kier alpha value is -1.52. The van der Waals surface area contributed by atoms with Crippen molar-refractivity contribution in [2.24, 2.45) is 10.7 Å². The first kappa shape index (κ1) is 11.6. The third-order valence-corrected chi connectivity index (χ3v) is 1.77. The molecule has 0 aliphatic rings. The Morgan fingerprint density at radius 2 is 2.40 bits per heavy atom. The van der Waals surface area contributed by atoms with Gasteiger partial charge in [-0.1, -0.05) is 6.92 Å². The van der Waals surface area contributed by atoms with Crippen molar-refractivity contribution in [1.29, 1.82) is 0 Å². The molecule has 0 amide bonds. The van der Waals surface area contributed by atoms with Crippen molar-refractivity contribution in [1.82, 2.24) is 10.3 Å². The van der Waals surface area contributed by atoms with Crippen LogP contribution in [-0.4, -0.2) is 17.0 Å². The van der Waals surface area contributed by atoms with Crippen molar-refractivity contribution in [3.63, 3.8) is 0 Å². The molecule has 0 fully saturated rings. The van der Waals surface area contributed by atoms with Crippen molar-refractivity contribution in [3.8, 4) is 0 Å². The van der Waals surface area contributed by atoms with Gasteiger partial charge in [0, 0.05) is 12.5 Å². The number of aryl methyl sites for hydroxylation is 1. The molecule has 0 aliphatic heterocycles. The Morgan fingerprint density at radius 3 is 2.93 bits per heavy atom. The third kappa shape index (κ3) is 4.01. The summed E-state index contributed by atoms with van der Waals surface area (Å²) in [5.74, 6) is 1.89. The lowest BCUT2D eigenvalue weighted by Crippen LogP contribution is -2.36. The molecular weight excluding hydrogens is 192 g/mol. The molecule has 3 N–H and O–H groups in total. The smallest absolute Gasteiger partial charge is 0.216 e. The van der Waals surface area contributed by atoms with Gasteiger partial charge in [0.15, 0.2) is 5.96 Å². The molecule has 0 spiro atoms. The zero-order valence-corrected chi connectivity index (χ0v) is 9.45. The van der Waals surface area contributed by atoms with Gasteiger partial charge in [-0.05, 0) is 13.8 Å². The molecule has 0 saturated carbocycles. The number of nitrogens with one attached hydrogen (secondary N) is 1. The molecule has 0 aliphatic carbocycles. The molecule has 0 aromatic carbocycles. The fourth-order valence-electron chi connectivity index (χ4n) is 1.08. The predicted molar refractivity (Wildman–Crippen MR) is 59.5 cm³/mol. The summed E-state index contributed by atoms with van der Waals surface area (Å²) in [4.78, 5) is 8.19. The molecule has 0 unspecified atom stereocenters. The molecule has 1 heterocycles. The van der Waals surface area contributed by atoms with E-state index in [4.69, 9.17) is 10.2 Å². The van der Waals surface area contributed by atoms with E-state index in [1.807, 2.05) is 20.8 Å². The van der Waals surface area contributed by atoms with Gasteiger partial charge in [-0.15, -0.1) is 0 Å². The number of hydrogen-bond donors (Lipinski definition) is 2. The molecule has 0 saturated heterocycles. The van der Waals surface area contributed by atoms with Gasteiger partial charge in [0.05, 0.1) is 6.20 Å². The highest BCUT2D eigenvalue weighted by Crippen LogP contribution is 2.04. The minimum absolute atomic E-state index is 0.282. The average molecular weight is 210 g/mol. The van der Waals surface area contributed by atoms with Crippen molar-refractivity contribution in [2.45, 2.75) is 39.8 Å². The van der Waals surface area contributed by atoms with E-state index < -0.39 is 0 Å². The van der Waals surface area contributed by atoms with Gasteiger partial charge < -0.3 is 15.5 Å². The van der Waals surface area contributed by atoms with E-state index in [1.54, 1.807) is 6.20 Å². The molecule has 0 bridgehead atoms. The van der Waals surface area contributed by atoms with Crippen LogP contribution in [0.25, 0.3) is 0 Å². The average Bonchev–Trinajstić information content (AvgIpc) is 2.61. The minimum Gasteiger partial charge on any atom is -0.444 e. The van der Waals surface area contributed by atoms with E-state index in [1.165, 1.54) is 0 Å². The quantitative estimate of drug-likeness (QED) is 0.575. The Bertz CT molecular complexity index is 330. The fourth-order valence-corrected chi connectivity index (χ4v) is 1.08. The fraction of sp³-hybridized carbons (Fsp3) is 0.600. The second-order valence-electron chi connectivity index (χ2n) is 3.57. The molecule has 5 nitrogen and oxygen atoms in total. The van der Waals surface area contributed by atoms with Crippen LogP contribution in [0.15, 0.2) is 15.6 Å². The summed E-state index contributed by atoms with van der Waals surface area (Å²) in [5.41, 5.74) is 5.63. The monoisotopic (exact) mass is 210 g/mol. The molecular formula is C10H18N4O. The lowest BCUT2D eigenvalue weighted by molar-refractivity contribution is 0.461. The van der Waals surface area contributed by atoms with E-state index >= 15 is 0 Å². The number of nitrogens with zero attached hydrogens (tertiary/aromatic N) is 2. The maximum atomic E-state index is 5.63.